The number of aromatic nitrogens is 2. The van der Waals surface area contributed by atoms with Gasteiger partial charge in [-0.15, -0.1) is 0 Å². The molecule has 1 aliphatic rings. The Kier molecular flexibility index (Phi) is 4.73. The quantitative estimate of drug-likeness (QED) is 0.486. The van der Waals surface area contributed by atoms with Gasteiger partial charge in [-0.3, -0.25) is 19.9 Å². The molecule has 2 heterocycles. The molecule has 0 saturated heterocycles. The summed E-state index contributed by atoms with van der Waals surface area (Å²) in [6.07, 6.45) is 0. The number of carbonyl (C=O) groups is 2. The maximum atomic E-state index is 12.9. The summed E-state index contributed by atoms with van der Waals surface area (Å²) in [6, 6.07) is 14.6. The van der Waals surface area contributed by atoms with Crippen molar-refractivity contribution in [2.75, 3.05) is 13.8 Å². The zero-order chi connectivity index (χ0) is 20.4. The van der Waals surface area contributed by atoms with Gasteiger partial charge in [0.25, 0.3) is 11.8 Å². The lowest BCUT2D eigenvalue weighted by Gasteiger charge is -2.25. The second-order valence-electron chi connectivity index (χ2n) is 6.59. The van der Waals surface area contributed by atoms with E-state index in [0.29, 0.717) is 11.3 Å². The number of nitrogens with two attached hydrogens (primary N) is 1. The summed E-state index contributed by atoms with van der Waals surface area (Å²) in [5.74, 6) is -0.342. The summed E-state index contributed by atoms with van der Waals surface area (Å²) in [4.78, 5) is 37.2. The standard InChI is InChI=1S/C20H20N6O3/c1-29-13-6-4-5-12(9-13)10-22-17(27)16-20(18(21)28,24-11-23-16)19-25-14-7-2-3-8-15(14)26-19/h2-9,24H,10-11H2,1H3,(H2,21,28)(H,22,27)(H,25,26). The predicted molar refractivity (Wildman–Crippen MR) is 107 cm³/mol. The topological polar surface area (TPSA) is 134 Å². The Morgan fingerprint density at radius 1 is 1.24 bits per heavy atom. The maximum absolute atomic E-state index is 12.9. The van der Waals surface area contributed by atoms with E-state index < -0.39 is 17.4 Å². The fourth-order valence-corrected chi connectivity index (χ4v) is 3.38. The number of aromatic amines is 1. The van der Waals surface area contributed by atoms with Gasteiger partial charge in [0.1, 0.15) is 17.3 Å². The van der Waals surface area contributed by atoms with Crippen LogP contribution in [0.2, 0.25) is 0 Å². The lowest BCUT2D eigenvalue weighted by molar-refractivity contribution is -0.123. The first-order valence-electron chi connectivity index (χ1n) is 9.01. The Morgan fingerprint density at radius 2 is 2.07 bits per heavy atom. The first-order valence-corrected chi connectivity index (χ1v) is 9.01. The number of aliphatic imine (C=N–C) groups is 1. The van der Waals surface area contributed by atoms with Crippen LogP contribution in [0.3, 0.4) is 0 Å². The Labute approximate surface area is 166 Å². The predicted octanol–water partition coefficient (Wildman–Crippen LogP) is 0.570. The minimum atomic E-state index is -1.63. The molecule has 0 bridgehead atoms. The highest BCUT2D eigenvalue weighted by atomic mass is 16.5. The number of primary amides is 1. The van der Waals surface area contributed by atoms with Gasteiger partial charge >= 0.3 is 0 Å². The molecular formula is C20H20N6O3. The Hall–Kier alpha value is -3.72. The van der Waals surface area contributed by atoms with E-state index in [1.165, 1.54) is 0 Å². The molecule has 0 aliphatic carbocycles. The lowest BCUT2D eigenvalue weighted by atomic mass is 9.91. The molecule has 148 valence electrons. The molecule has 1 aromatic heterocycles. The Morgan fingerprint density at radius 3 is 2.83 bits per heavy atom. The average Bonchev–Trinajstić information content (AvgIpc) is 3.37. The van der Waals surface area contributed by atoms with Crippen LogP contribution in [-0.2, 0) is 21.7 Å². The van der Waals surface area contributed by atoms with Crippen LogP contribution in [0.1, 0.15) is 11.4 Å². The number of rotatable bonds is 6. The number of hydrogen-bond acceptors (Lipinski definition) is 6. The minimum absolute atomic E-state index is 0.0213. The number of nitrogens with zero attached hydrogens (tertiary/aromatic N) is 2. The molecule has 3 aromatic rings. The number of ether oxygens (including phenoxy) is 1. The maximum Gasteiger partial charge on any atom is 0.268 e. The number of nitrogens with one attached hydrogen (secondary N) is 3. The summed E-state index contributed by atoms with van der Waals surface area (Å²) >= 11 is 0. The van der Waals surface area contributed by atoms with Gasteiger partial charge in [0.2, 0.25) is 5.54 Å². The first-order chi connectivity index (χ1) is 14.0. The van der Waals surface area contributed by atoms with E-state index in [-0.39, 0.29) is 24.7 Å². The van der Waals surface area contributed by atoms with Gasteiger partial charge in [-0.1, -0.05) is 24.3 Å². The molecule has 4 rings (SSSR count). The number of carbonyl (C=O) groups excluding carboxylic acids is 2. The Balaban J connectivity index is 1.62. The molecule has 0 spiro atoms. The molecule has 2 amide bonds. The third-order valence-corrected chi connectivity index (χ3v) is 4.85. The van der Waals surface area contributed by atoms with Gasteiger partial charge in [0.15, 0.2) is 0 Å². The third kappa shape index (κ3) is 3.21. The number of fused-ring (bicyclic) bond motifs is 1. The van der Waals surface area contributed by atoms with Gasteiger partial charge in [0, 0.05) is 6.54 Å². The van der Waals surface area contributed by atoms with Gasteiger partial charge < -0.3 is 20.8 Å². The van der Waals surface area contributed by atoms with E-state index in [1.807, 2.05) is 42.5 Å². The van der Waals surface area contributed by atoms with E-state index in [9.17, 15) is 9.59 Å². The molecule has 29 heavy (non-hydrogen) atoms. The first kappa shape index (κ1) is 18.6. The molecule has 0 fully saturated rings. The zero-order valence-electron chi connectivity index (χ0n) is 15.7. The van der Waals surface area contributed by atoms with E-state index in [0.717, 1.165) is 11.1 Å². The summed E-state index contributed by atoms with van der Waals surface area (Å²) < 4.78 is 5.19. The fourth-order valence-electron chi connectivity index (χ4n) is 3.38. The fraction of sp³-hybridized carbons (Fsp3) is 0.200. The van der Waals surface area contributed by atoms with E-state index in [4.69, 9.17) is 10.5 Å². The number of H-pyrrole nitrogens is 1. The minimum Gasteiger partial charge on any atom is -0.497 e. The van der Waals surface area contributed by atoms with Crippen molar-refractivity contribution in [3.63, 3.8) is 0 Å². The van der Waals surface area contributed by atoms with Crippen LogP contribution in [0.15, 0.2) is 53.5 Å². The van der Waals surface area contributed by atoms with Crippen molar-refractivity contribution < 1.29 is 14.3 Å². The van der Waals surface area contributed by atoms with Crippen molar-refractivity contribution >= 4 is 28.6 Å². The molecule has 2 aromatic carbocycles. The number of imidazole rings is 1. The third-order valence-electron chi connectivity index (χ3n) is 4.85. The number of amides is 2. The van der Waals surface area contributed by atoms with Crippen LogP contribution in [0, 0.1) is 0 Å². The molecular weight excluding hydrogens is 372 g/mol. The van der Waals surface area contributed by atoms with Crippen molar-refractivity contribution in [2.45, 2.75) is 12.1 Å². The van der Waals surface area contributed by atoms with Crippen molar-refractivity contribution in [2.24, 2.45) is 10.7 Å². The van der Waals surface area contributed by atoms with Crippen LogP contribution in [-0.4, -0.2) is 41.3 Å². The van der Waals surface area contributed by atoms with Gasteiger partial charge in [0.05, 0.1) is 24.8 Å². The van der Waals surface area contributed by atoms with Crippen LogP contribution in [0.25, 0.3) is 11.0 Å². The highest BCUT2D eigenvalue weighted by Crippen LogP contribution is 2.27. The van der Waals surface area contributed by atoms with Crippen LogP contribution < -0.4 is 21.1 Å². The monoisotopic (exact) mass is 392 g/mol. The highest BCUT2D eigenvalue weighted by Gasteiger charge is 2.52. The van der Waals surface area contributed by atoms with E-state index in [2.05, 4.69) is 25.6 Å². The highest BCUT2D eigenvalue weighted by molar-refractivity contribution is 6.46. The second kappa shape index (κ2) is 7.36. The van der Waals surface area contributed by atoms with E-state index >= 15 is 0 Å². The van der Waals surface area contributed by atoms with Crippen molar-refractivity contribution in [1.82, 2.24) is 20.6 Å². The van der Waals surface area contributed by atoms with Gasteiger partial charge in [-0.25, -0.2) is 4.98 Å². The van der Waals surface area contributed by atoms with Crippen molar-refractivity contribution in [3.8, 4) is 5.75 Å². The molecule has 0 radical (unpaired) electrons. The second-order valence-corrected chi connectivity index (χ2v) is 6.59. The van der Waals surface area contributed by atoms with Crippen LogP contribution in [0.5, 0.6) is 5.75 Å². The number of methoxy groups -OCH3 is 1. The lowest BCUT2D eigenvalue weighted by Crippen LogP contribution is -2.59. The number of hydrogen-bond donors (Lipinski definition) is 4. The van der Waals surface area contributed by atoms with Gasteiger partial charge in [-0.05, 0) is 29.8 Å². The number of para-hydroxylation sites is 2. The van der Waals surface area contributed by atoms with Crippen molar-refractivity contribution in [1.29, 1.82) is 0 Å². The summed E-state index contributed by atoms with van der Waals surface area (Å²) in [6.45, 7) is 0.311. The van der Waals surface area contributed by atoms with Crippen molar-refractivity contribution in [3.05, 3.63) is 59.9 Å². The molecule has 5 N–H and O–H groups in total. The zero-order valence-corrected chi connectivity index (χ0v) is 15.7. The number of benzene rings is 2. The SMILES string of the molecule is COc1cccc(CNC(=O)C2=NCNC2(C(N)=O)c2nc3ccccc3[nH]2)c1. The van der Waals surface area contributed by atoms with Gasteiger partial charge in [-0.2, -0.15) is 0 Å². The van der Waals surface area contributed by atoms with E-state index in [1.54, 1.807) is 13.2 Å². The van der Waals surface area contributed by atoms with Crippen LogP contribution in [0.4, 0.5) is 0 Å². The summed E-state index contributed by atoms with van der Waals surface area (Å²) in [7, 11) is 1.57. The summed E-state index contributed by atoms with van der Waals surface area (Å²) in [5, 5.41) is 5.73. The molecule has 1 unspecified atom stereocenters. The smallest absolute Gasteiger partial charge is 0.268 e. The normalized spacial score (nSPS) is 18.4. The largest absolute Gasteiger partial charge is 0.497 e. The summed E-state index contributed by atoms with van der Waals surface area (Å²) in [5.41, 5.74) is 6.31. The average molecular weight is 392 g/mol. The molecule has 9 heteroatoms. The van der Waals surface area contributed by atoms with Crippen LogP contribution >= 0.6 is 0 Å². The Bertz CT molecular complexity index is 1090. The molecule has 1 aliphatic heterocycles. The molecule has 1 atom stereocenters. The molecule has 9 nitrogen and oxygen atoms in total. The molecule has 0 saturated carbocycles.